The second kappa shape index (κ2) is 8.08. The van der Waals surface area contributed by atoms with Gasteiger partial charge in [0, 0.05) is 18.0 Å². The van der Waals surface area contributed by atoms with Crippen LogP contribution in [0, 0.1) is 3.95 Å². The Morgan fingerprint density at radius 1 is 1.38 bits per heavy atom. The zero-order valence-corrected chi connectivity index (χ0v) is 15.7. The molecule has 2 aromatic rings. The number of benzene rings is 1. The van der Waals surface area contributed by atoms with E-state index in [1.807, 2.05) is 5.38 Å². The molecule has 1 fully saturated rings. The van der Waals surface area contributed by atoms with Crippen molar-refractivity contribution in [3.05, 3.63) is 50.9 Å². The maximum Gasteiger partial charge on any atom is 0.271 e. The normalized spacial score (nSPS) is 21.0. The minimum Gasteiger partial charge on any atom is -0.334 e. The van der Waals surface area contributed by atoms with E-state index in [9.17, 15) is 4.79 Å². The van der Waals surface area contributed by atoms with Crippen molar-refractivity contribution in [2.45, 2.75) is 51.0 Å². The predicted octanol–water partition coefficient (Wildman–Crippen LogP) is 5.38. The van der Waals surface area contributed by atoms with Crippen molar-refractivity contribution in [3.63, 3.8) is 0 Å². The molecule has 2 heterocycles. The van der Waals surface area contributed by atoms with E-state index in [1.165, 1.54) is 16.9 Å². The number of thiazole rings is 1. The molecule has 0 aliphatic carbocycles. The smallest absolute Gasteiger partial charge is 0.271 e. The number of carbonyl (C=O) groups excluding carboxylic acids is 1. The van der Waals surface area contributed by atoms with Gasteiger partial charge in [-0.25, -0.2) is 0 Å². The average Bonchev–Trinajstić information content (AvgIpc) is 3.06. The van der Waals surface area contributed by atoms with Gasteiger partial charge < -0.3 is 9.88 Å². The van der Waals surface area contributed by atoms with Crippen LogP contribution in [0.4, 0.5) is 0 Å². The molecule has 1 aliphatic rings. The van der Waals surface area contributed by atoms with E-state index in [-0.39, 0.29) is 5.91 Å². The number of amides is 1. The SMILES string of the molecule is CCCC[C@H]1CC(c2ccccc2)CCN1C(=O)c1csc(=S)[nH]1. The first-order valence-electron chi connectivity index (χ1n) is 8.72. The lowest BCUT2D eigenvalue weighted by molar-refractivity contribution is 0.0570. The van der Waals surface area contributed by atoms with Crippen LogP contribution in [0.25, 0.3) is 0 Å². The average molecular weight is 361 g/mol. The molecule has 1 aromatic carbocycles. The molecule has 0 spiro atoms. The quantitative estimate of drug-likeness (QED) is 0.726. The van der Waals surface area contributed by atoms with E-state index in [4.69, 9.17) is 12.2 Å². The number of piperidine rings is 1. The van der Waals surface area contributed by atoms with Gasteiger partial charge in [-0.05, 0) is 43.0 Å². The summed E-state index contributed by atoms with van der Waals surface area (Å²) in [6.45, 7) is 3.03. The number of unbranched alkanes of at least 4 members (excludes halogenated alkanes) is 1. The number of likely N-dealkylation sites (tertiary alicyclic amines) is 1. The van der Waals surface area contributed by atoms with Crippen molar-refractivity contribution in [1.82, 2.24) is 9.88 Å². The van der Waals surface area contributed by atoms with Gasteiger partial charge in [0.05, 0.1) is 0 Å². The molecule has 1 aliphatic heterocycles. The highest BCUT2D eigenvalue weighted by molar-refractivity contribution is 7.73. The van der Waals surface area contributed by atoms with E-state index >= 15 is 0 Å². The van der Waals surface area contributed by atoms with E-state index in [0.717, 1.165) is 38.6 Å². The van der Waals surface area contributed by atoms with Crippen molar-refractivity contribution < 1.29 is 4.79 Å². The summed E-state index contributed by atoms with van der Waals surface area (Å²) in [5.74, 6) is 0.660. The van der Waals surface area contributed by atoms with Crippen LogP contribution in [0.1, 0.15) is 61.0 Å². The molecule has 0 saturated carbocycles. The molecule has 1 aromatic heterocycles. The zero-order chi connectivity index (χ0) is 16.9. The maximum absolute atomic E-state index is 12.9. The molecule has 1 unspecified atom stereocenters. The molecule has 1 saturated heterocycles. The van der Waals surface area contributed by atoms with Crippen molar-refractivity contribution in [1.29, 1.82) is 0 Å². The maximum atomic E-state index is 12.9. The van der Waals surface area contributed by atoms with Crippen LogP contribution < -0.4 is 0 Å². The third kappa shape index (κ3) is 3.95. The molecule has 5 heteroatoms. The van der Waals surface area contributed by atoms with E-state index in [2.05, 4.69) is 47.1 Å². The highest BCUT2D eigenvalue weighted by Crippen LogP contribution is 2.34. The lowest BCUT2D eigenvalue weighted by Gasteiger charge is -2.39. The Morgan fingerprint density at radius 3 is 2.83 bits per heavy atom. The summed E-state index contributed by atoms with van der Waals surface area (Å²) in [6, 6.07) is 11.0. The molecule has 3 rings (SSSR count). The number of aromatic amines is 1. The van der Waals surface area contributed by atoms with Crippen LogP contribution in [-0.2, 0) is 0 Å². The molecular weight excluding hydrogens is 336 g/mol. The van der Waals surface area contributed by atoms with Crippen LogP contribution in [-0.4, -0.2) is 28.4 Å². The van der Waals surface area contributed by atoms with Gasteiger partial charge in [0.15, 0.2) is 3.95 Å². The monoisotopic (exact) mass is 360 g/mol. The minimum atomic E-state index is 0.106. The molecule has 24 heavy (non-hydrogen) atoms. The number of nitrogens with zero attached hydrogens (tertiary/aromatic N) is 1. The van der Waals surface area contributed by atoms with Crippen molar-refractivity contribution in [3.8, 4) is 0 Å². The van der Waals surface area contributed by atoms with Gasteiger partial charge in [-0.3, -0.25) is 4.79 Å². The number of hydrogen-bond acceptors (Lipinski definition) is 3. The largest absolute Gasteiger partial charge is 0.334 e. The Morgan fingerprint density at radius 2 is 2.17 bits per heavy atom. The Hall–Kier alpha value is -1.46. The summed E-state index contributed by atoms with van der Waals surface area (Å²) < 4.78 is 0.669. The summed E-state index contributed by atoms with van der Waals surface area (Å²) >= 11 is 6.55. The predicted molar refractivity (Wildman–Crippen MR) is 102 cm³/mol. The van der Waals surface area contributed by atoms with Crippen LogP contribution in [0.15, 0.2) is 35.7 Å². The molecule has 0 bridgehead atoms. The number of aromatic nitrogens is 1. The second-order valence-corrected chi connectivity index (χ2v) is 8.03. The Bertz CT molecular complexity index is 722. The molecular formula is C19H24N2OS2. The lowest BCUT2D eigenvalue weighted by atomic mass is 9.83. The highest BCUT2D eigenvalue weighted by Gasteiger charge is 2.32. The van der Waals surface area contributed by atoms with Crippen LogP contribution in [0.5, 0.6) is 0 Å². The summed E-state index contributed by atoms with van der Waals surface area (Å²) in [6.07, 6.45) is 5.49. The number of rotatable bonds is 5. The van der Waals surface area contributed by atoms with Crippen LogP contribution >= 0.6 is 23.6 Å². The van der Waals surface area contributed by atoms with Gasteiger partial charge in [-0.2, -0.15) is 0 Å². The molecule has 1 amide bonds. The molecule has 1 N–H and O–H groups in total. The van der Waals surface area contributed by atoms with Gasteiger partial charge in [-0.1, -0.05) is 50.1 Å². The third-order valence-corrected chi connectivity index (χ3v) is 5.95. The van der Waals surface area contributed by atoms with Gasteiger partial charge >= 0.3 is 0 Å². The Labute approximate surface area is 152 Å². The topological polar surface area (TPSA) is 36.1 Å². The first kappa shape index (κ1) is 17.4. The third-order valence-electron chi connectivity index (χ3n) is 4.89. The number of nitrogens with one attached hydrogen (secondary N) is 1. The first-order valence-corrected chi connectivity index (χ1v) is 10.0. The fourth-order valence-electron chi connectivity index (χ4n) is 3.60. The fraction of sp³-hybridized carbons (Fsp3) is 0.474. The summed E-state index contributed by atoms with van der Waals surface area (Å²) in [5, 5.41) is 1.85. The Kier molecular flexibility index (Phi) is 5.85. The minimum absolute atomic E-state index is 0.106. The van der Waals surface area contributed by atoms with Crippen LogP contribution in [0.3, 0.4) is 0 Å². The van der Waals surface area contributed by atoms with E-state index in [1.54, 1.807) is 0 Å². The summed E-state index contributed by atoms with van der Waals surface area (Å²) in [4.78, 5) is 18.0. The highest BCUT2D eigenvalue weighted by atomic mass is 32.1. The molecule has 3 nitrogen and oxygen atoms in total. The van der Waals surface area contributed by atoms with Crippen molar-refractivity contribution >= 4 is 29.5 Å². The standard InChI is InChI=1S/C19H24N2OS2/c1-2-3-9-16-12-15(14-7-5-4-6-8-14)10-11-21(16)18(22)17-13-24-19(23)20-17/h4-8,13,15-16H,2-3,9-12H2,1H3,(H,20,23)/t15?,16-/m0/s1. The van der Waals surface area contributed by atoms with E-state index in [0.29, 0.717) is 21.6 Å². The Balaban J connectivity index is 1.77. The number of carbonyl (C=O) groups is 1. The number of H-pyrrole nitrogens is 1. The van der Waals surface area contributed by atoms with Gasteiger partial charge in [0.1, 0.15) is 5.69 Å². The number of hydrogen-bond donors (Lipinski definition) is 1. The van der Waals surface area contributed by atoms with Crippen molar-refractivity contribution in [2.75, 3.05) is 6.54 Å². The first-order chi connectivity index (χ1) is 11.7. The van der Waals surface area contributed by atoms with E-state index < -0.39 is 0 Å². The zero-order valence-electron chi connectivity index (χ0n) is 14.0. The van der Waals surface area contributed by atoms with Gasteiger partial charge in [0.2, 0.25) is 0 Å². The van der Waals surface area contributed by atoms with Gasteiger partial charge in [-0.15, -0.1) is 11.3 Å². The van der Waals surface area contributed by atoms with Crippen LogP contribution in [0.2, 0.25) is 0 Å². The van der Waals surface area contributed by atoms with Crippen molar-refractivity contribution in [2.24, 2.45) is 0 Å². The second-order valence-electron chi connectivity index (χ2n) is 6.49. The lowest BCUT2D eigenvalue weighted by Crippen LogP contribution is -2.45. The summed E-state index contributed by atoms with van der Waals surface area (Å²) in [5.41, 5.74) is 2.05. The molecule has 128 valence electrons. The molecule has 0 radical (unpaired) electrons. The molecule has 2 atom stereocenters. The fourth-order valence-corrected chi connectivity index (χ4v) is 4.41. The summed E-state index contributed by atoms with van der Waals surface area (Å²) in [7, 11) is 0. The van der Waals surface area contributed by atoms with Gasteiger partial charge in [0.25, 0.3) is 5.91 Å².